The minimum Gasteiger partial charge on any atom is -0.489 e. The molecule has 0 bridgehead atoms. The van der Waals surface area contributed by atoms with Gasteiger partial charge in [0.2, 0.25) is 0 Å². The van der Waals surface area contributed by atoms with E-state index in [1.807, 2.05) is 18.2 Å². The van der Waals surface area contributed by atoms with E-state index in [4.69, 9.17) is 4.74 Å². The summed E-state index contributed by atoms with van der Waals surface area (Å²) in [4.78, 5) is 20.8. The van der Waals surface area contributed by atoms with Crippen LogP contribution in [0, 0.1) is 0 Å². The average molecular weight is 539 g/mol. The van der Waals surface area contributed by atoms with Crippen molar-refractivity contribution in [1.82, 2.24) is 14.5 Å². The van der Waals surface area contributed by atoms with Crippen molar-refractivity contribution < 1.29 is 14.6 Å². The molecular weight excluding hydrogens is 500 g/mol. The molecule has 1 fully saturated rings. The lowest BCUT2D eigenvalue weighted by Crippen LogP contribution is -2.33. The van der Waals surface area contributed by atoms with Crippen LogP contribution < -0.4 is 9.64 Å². The third-order valence-electron chi connectivity index (χ3n) is 8.49. The first-order valence-electron chi connectivity index (χ1n) is 14.4. The zero-order chi connectivity index (χ0) is 27.6. The molecule has 2 aromatic heterocycles. The summed E-state index contributed by atoms with van der Waals surface area (Å²) in [7, 11) is 4.22. The molecule has 3 heterocycles. The van der Waals surface area contributed by atoms with E-state index >= 15 is 0 Å². The number of carboxylic acid groups (broad SMARTS) is 1. The Morgan fingerprint density at radius 2 is 1.82 bits per heavy atom. The van der Waals surface area contributed by atoms with E-state index in [0.717, 1.165) is 43.0 Å². The van der Waals surface area contributed by atoms with Crippen LogP contribution in [-0.2, 0) is 13.2 Å². The first kappa shape index (κ1) is 26.4. The largest absolute Gasteiger partial charge is 0.489 e. The van der Waals surface area contributed by atoms with E-state index in [9.17, 15) is 9.90 Å². The summed E-state index contributed by atoms with van der Waals surface area (Å²) in [5, 5.41) is 11.0. The van der Waals surface area contributed by atoms with Gasteiger partial charge in [0.15, 0.2) is 0 Å². The van der Waals surface area contributed by atoms with Gasteiger partial charge in [-0.05, 0) is 80.4 Å². The van der Waals surface area contributed by atoms with Gasteiger partial charge < -0.3 is 24.2 Å². The molecule has 0 saturated heterocycles. The molecule has 7 heteroatoms. The number of aromatic nitrogens is 2. The van der Waals surface area contributed by atoms with Crippen LogP contribution >= 0.6 is 0 Å². The van der Waals surface area contributed by atoms with Crippen LogP contribution in [0.2, 0.25) is 0 Å². The second kappa shape index (κ2) is 11.3. The maximum Gasteiger partial charge on any atom is 0.335 e. The van der Waals surface area contributed by atoms with Crippen molar-refractivity contribution in [2.24, 2.45) is 0 Å². The highest BCUT2D eigenvalue weighted by Gasteiger charge is 2.31. The van der Waals surface area contributed by atoms with E-state index in [1.165, 1.54) is 60.0 Å². The first-order valence-corrected chi connectivity index (χ1v) is 14.4. The zero-order valence-electron chi connectivity index (χ0n) is 23.5. The summed E-state index contributed by atoms with van der Waals surface area (Å²) in [6.07, 6.45) is 9.72. The summed E-state index contributed by atoms with van der Waals surface area (Å²) in [6.45, 7) is 3.97. The number of pyridine rings is 1. The number of nitrogens with zero attached hydrogens (tertiary/aromatic N) is 4. The number of ether oxygens (including phenoxy) is 1. The molecule has 6 rings (SSSR count). The van der Waals surface area contributed by atoms with Crippen LogP contribution in [0.25, 0.3) is 22.2 Å². The van der Waals surface area contributed by atoms with Gasteiger partial charge in [-0.1, -0.05) is 25.3 Å². The van der Waals surface area contributed by atoms with Crippen molar-refractivity contribution in [1.29, 1.82) is 0 Å². The highest BCUT2D eigenvalue weighted by atomic mass is 16.5. The fourth-order valence-corrected chi connectivity index (χ4v) is 6.44. The fourth-order valence-electron chi connectivity index (χ4n) is 6.44. The summed E-state index contributed by atoms with van der Waals surface area (Å²) in [5.74, 6) is 0.448. The van der Waals surface area contributed by atoms with Crippen molar-refractivity contribution in [3.8, 4) is 17.0 Å². The molecule has 7 nitrogen and oxygen atoms in total. The lowest BCUT2D eigenvalue weighted by Gasteiger charge is -2.27. The topological polar surface area (TPSA) is 70.8 Å². The number of anilines is 1. The quantitative estimate of drug-likeness (QED) is 0.280. The molecule has 1 saturated carbocycles. The molecule has 0 spiro atoms. The molecule has 2 aromatic carbocycles. The second-order valence-corrected chi connectivity index (χ2v) is 11.4. The number of carbonyl (C=O) groups is 1. The van der Waals surface area contributed by atoms with E-state index in [0.29, 0.717) is 18.1 Å². The Bertz CT molecular complexity index is 1510. The van der Waals surface area contributed by atoms with Gasteiger partial charge in [0.1, 0.15) is 12.4 Å². The third kappa shape index (κ3) is 5.18. The first-order chi connectivity index (χ1) is 19.5. The van der Waals surface area contributed by atoms with Crippen LogP contribution in [0.5, 0.6) is 5.75 Å². The summed E-state index contributed by atoms with van der Waals surface area (Å²) in [6, 6.07) is 16.2. The summed E-state index contributed by atoms with van der Waals surface area (Å²) < 4.78 is 8.67. The molecule has 40 heavy (non-hydrogen) atoms. The van der Waals surface area contributed by atoms with Crippen LogP contribution in [0.15, 0.2) is 60.9 Å². The van der Waals surface area contributed by atoms with Gasteiger partial charge in [-0.2, -0.15) is 0 Å². The van der Waals surface area contributed by atoms with E-state index in [-0.39, 0.29) is 0 Å². The smallest absolute Gasteiger partial charge is 0.335 e. The Kier molecular flexibility index (Phi) is 7.48. The molecule has 208 valence electrons. The highest BCUT2D eigenvalue weighted by molar-refractivity contribution is 5.99. The van der Waals surface area contributed by atoms with Crippen LogP contribution in [0.3, 0.4) is 0 Å². The lowest BCUT2D eigenvalue weighted by molar-refractivity contribution is 0.0697. The van der Waals surface area contributed by atoms with Gasteiger partial charge >= 0.3 is 5.97 Å². The molecule has 0 amide bonds. The maximum absolute atomic E-state index is 12.0. The number of benzene rings is 2. The number of likely N-dealkylation sites (N-methyl/N-ethyl adjacent to an activating group) is 1. The van der Waals surface area contributed by atoms with E-state index < -0.39 is 5.97 Å². The monoisotopic (exact) mass is 538 g/mol. The van der Waals surface area contributed by atoms with Gasteiger partial charge in [0.25, 0.3) is 0 Å². The molecule has 0 unspecified atom stereocenters. The third-order valence-corrected chi connectivity index (χ3v) is 8.49. The molecule has 2 aliphatic rings. The number of fused-ring (bicyclic) bond motifs is 5. The Balaban J connectivity index is 1.50. The standard InChI is InChI=1S/C33H38N4O3/c1-35(2)16-17-36-18-19-37-30-20-25(33(38)39)8-10-27(30)31(24-6-4-3-5-7-24)32(37)28-11-9-26(21-29(28)36)40-22-23-12-14-34-15-13-23/h8-15,20-21,24H,3-7,16-19,22H2,1-2H3,(H,38,39). The minimum absolute atomic E-state index is 0.344. The van der Waals surface area contributed by atoms with Crippen LogP contribution in [0.1, 0.15) is 59.5 Å². The molecule has 0 radical (unpaired) electrons. The highest BCUT2D eigenvalue weighted by Crippen LogP contribution is 2.48. The molecule has 0 atom stereocenters. The van der Waals surface area contributed by atoms with Gasteiger partial charge in [0, 0.05) is 66.8 Å². The number of aromatic carboxylic acids is 1. The summed E-state index contributed by atoms with van der Waals surface area (Å²) in [5.41, 5.74) is 7.52. The summed E-state index contributed by atoms with van der Waals surface area (Å²) >= 11 is 0. The van der Waals surface area contributed by atoms with Gasteiger partial charge in [-0.25, -0.2) is 4.79 Å². The number of hydrogen-bond acceptors (Lipinski definition) is 5. The molecule has 1 N–H and O–H groups in total. The number of hydrogen-bond donors (Lipinski definition) is 1. The number of carboxylic acids is 1. The van der Waals surface area contributed by atoms with E-state index in [2.05, 4.69) is 57.7 Å². The Morgan fingerprint density at radius 1 is 1.02 bits per heavy atom. The Morgan fingerprint density at radius 3 is 2.58 bits per heavy atom. The van der Waals surface area contributed by atoms with Gasteiger partial charge in [0.05, 0.1) is 11.3 Å². The van der Waals surface area contributed by atoms with Crippen molar-refractivity contribution in [2.45, 2.75) is 51.2 Å². The van der Waals surface area contributed by atoms with Crippen molar-refractivity contribution in [3.63, 3.8) is 0 Å². The molecule has 1 aliphatic carbocycles. The van der Waals surface area contributed by atoms with Crippen LogP contribution in [-0.4, -0.2) is 59.3 Å². The van der Waals surface area contributed by atoms with Gasteiger partial charge in [-0.3, -0.25) is 4.98 Å². The molecule has 1 aliphatic heterocycles. The normalized spacial score (nSPS) is 15.6. The molecular formula is C33H38N4O3. The fraction of sp³-hybridized carbons (Fsp3) is 0.394. The predicted octanol–water partition coefficient (Wildman–Crippen LogP) is 6.41. The Hall–Kier alpha value is -3.84. The van der Waals surface area contributed by atoms with E-state index in [1.54, 1.807) is 18.5 Å². The average Bonchev–Trinajstić information content (AvgIpc) is 3.21. The minimum atomic E-state index is -0.880. The van der Waals surface area contributed by atoms with Gasteiger partial charge in [-0.15, -0.1) is 0 Å². The van der Waals surface area contributed by atoms with Crippen molar-refractivity contribution in [3.05, 3.63) is 77.6 Å². The maximum atomic E-state index is 12.0. The molecule has 4 aromatic rings. The predicted molar refractivity (Wildman–Crippen MR) is 159 cm³/mol. The zero-order valence-corrected chi connectivity index (χ0v) is 23.5. The second-order valence-electron chi connectivity index (χ2n) is 11.4. The number of rotatable bonds is 8. The van der Waals surface area contributed by atoms with Crippen molar-refractivity contribution in [2.75, 3.05) is 38.6 Å². The van der Waals surface area contributed by atoms with Crippen LogP contribution in [0.4, 0.5) is 5.69 Å². The SMILES string of the molecule is CN(C)CCN1CCn2c(c(C3CCCCC3)c3ccc(C(=O)O)cc32)-c2ccc(OCc3ccncc3)cc21. The lowest BCUT2D eigenvalue weighted by atomic mass is 9.81. The Labute approximate surface area is 236 Å². The van der Waals surface area contributed by atoms with Crippen molar-refractivity contribution >= 4 is 22.6 Å².